The zero-order valence-electron chi connectivity index (χ0n) is 21.6. The van der Waals surface area contributed by atoms with E-state index >= 15 is 0 Å². The van der Waals surface area contributed by atoms with Crippen molar-refractivity contribution in [2.45, 2.75) is 9.79 Å². The molecule has 40 heavy (non-hydrogen) atoms. The maximum absolute atomic E-state index is 2.40. The standard InChI is InChI=1S/C38H23NS/c1-2-12-29(13-3-1)39-34-18-16-27(21-31(34)32-20-25-8-4-5-9-26(25)23-35(32)39)28-17-19-36-33(22-28)30-14-6-10-24-11-7-15-37(40-36)38(24)30/h1-23H. The highest BCUT2D eigenvalue weighted by Crippen LogP contribution is 2.49. The van der Waals surface area contributed by atoms with Gasteiger partial charge in [-0.2, -0.15) is 0 Å². The van der Waals surface area contributed by atoms with Crippen molar-refractivity contribution in [2.24, 2.45) is 0 Å². The van der Waals surface area contributed by atoms with Crippen LogP contribution < -0.4 is 0 Å². The number of fused-ring (bicyclic) bond motifs is 6. The van der Waals surface area contributed by atoms with Gasteiger partial charge in [0.1, 0.15) is 0 Å². The van der Waals surface area contributed by atoms with Gasteiger partial charge in [-0.25, -0.2) is 0 Å². The van der Waals surface area contributed by atoms with Crippen LogP contribution in [0.4, 0.5) is 0 Å². The molecule has 7 aromatic carbocycles. The Morgan fingerprint density at radius 3 is 2.00 bits per heavy atom. The molecule has 2 heterocycles. The monoisotopic (exact) mass is 525 g/mol. The van der Waals surface area contributed by atoms with Crippen molar-refractivity contribution < 1.29 is 0 Å². The maximum atomic E-state index is 2.40. The van der Waals surface area contributed by atoms with Crippen molar-refractivity contribution >= 4 is 55.1 Å². The lowest BCUT2D eigenvalue weighted by Crippen LogP contribution is -1.94. The second kappa shape index (κ2) is 8.35. The van der Waals surface area contributed by atoms with E-state index in [1.54, 1.807) is 0 Å². The van der Waals surface area contributed by atoms with E-state index in [4.69, 9.17) is 0 Å². The molecule has 9 rings (SSSR count). The molecule has 2 heteroatoms. The lowest BCUT2D eigenvalue weighted by molar-refractivity contribution is 1.18. The predicted octanol–water partition coefficient (Wildman–Crippen LogP) is 10.9. The van der Waals surface area contributed by atoms with E-state index in [2.05, 4.69) is 144 Å². The van der Waals surface area contributed by atoms with Gasteiger partial charge in [-0.15, -0.1) is 0 Å². The second-order valence-corrected chi connectivity index (χ2v) is 11.7. The van der Waals surface area contributed by atoms with Crippen LogP contribution in [0.2, 0.25) is 0 Å². The molecule has 0 saturated heterocycles. The fourth-order valence-corrected chi connectivity index (χ4v) is 7.61. The molecule has 0 amide bonds. The highest BCUT2D eigenvalue weighted by atomic mass is 32.2. The van der Waals surface area contributed by atoms with Crippen molar-refractivity contribution in [3.05, 3.63) is 140 Å². The third-order valence-corrected chi connectivity index (χ3v) is 9.47. The van der Waals surface area contributed by atoms with Crippen LogP contribution in [-0.2, 0) is 0 Å². The van der Waals surface area contributed by atoms with Gasteiger partial charge in [-0.05, 0) is 93.0 Å². The zero-order valence-corrected chi connectivity index (χ0v) is 22.5. The quantitative estimate of drug-likeness (QED) is 0.217. The van der Waals surface area contributed by atoms with Crippen molar-refractivity contribution in [1.29, 1.82) is 0 Å². The lowest BCUT2D eigenvalue weighted by atomic mass is 9.94. The first-order valence-corrected chi connectivity index (χ1v) is 14.5. The summed E-state index contributed by atoms with van der Waals surface area (Å²) < 4.78 is 2.40. The van der Waals surface area contributed by atoms with Gasteiger partial charge in [-0.1, -0.05) is 96.7 Å². The van der Waals surface area contributed by atoms with Crippen LogP contribution in [0.5, 0.6) is 0 Å². The molecule has 1 nitrogen and oxygen atoms in total. The minimum absolute atomic E-state index is 1.18. The summed E-state index contributed by atoms with van der Waals surface area (Å²) in [6.07, 6.45) is 0. The SMILES string of the molecule is c1ccc(-n2c3ccc(-c4ccc5c(c4)-c4cccc6cccc(c46)S5)cc3c3cc4ccccc4cc32)cc1. The average molecular weight is 526 g/mol. The van der Waals surface area contributed by atoms with Gasteiger partial charge in [0.15, 0.2) is 0 Å². The molecule has 0 radical (unpaired) electrons. The zero-order chi connectivity index (χ0) is 26.2. The summed E-state index contributed by atoms with van der Waals surface area (Å²) in [5, 5.41) is 7.77. The first-order valence-electron chi connectivity index (χ1n) is 13.7. The highest BCUT2D eigenvalue weighted by Gasteiger charge is 2.20. The molecule has 0 atom stereocenters. The van der Waals surface area contributed by atoms with Gasteiger partial charge < -0.3 is 4.57 Å². The summed E-state index contributed by atoms with van der Waals surface area (Å²) >= 11 is 1.88. The van der Waals surface area contributed by atoms with E-state index in [1.807, 2.05) is 11.8 Å². The summed E-state index contributed by atoms with van der Waals surface area (Å²) in [4.78, 5) is 2.67. The molecule has 8 aromatic rings. The molecular formula is C38H23NS. The van der Waals surface area contributed by atoms with Gasteiger partial charge in [0.2, 0.25) is 0 Å². The average Bonchev–Trinajstić information content (AvgIpc) is 3.33. The van der Waals surface area contributed by atoms with Crippen LogP contribution in [0.1, 0.15) is 0 Å². The molecule has 0 N–H and O–H groups in total. The largest absolute Gasteiger partial charge is 0.309 e. The van der Waals surface area contributed by atoms with E-state index in [0.29, 0.717) is 0 Å². The summed E-state index contributed by atoms with van der Waals surface area (Å²) in [5.74, 6) is 0. The molecule has 0 aliphatic carbocycles. The van der Waals surface area contributed by atoms with Crippen LogP contribution in [0, 0.1) is 0 Å². The minimum Gasteiger partial charge on any atom is -0.309 e. The number of benzene rings is 7. The number of hydrogen-bond donors (Lipinski definition) is 0. The second-order valence-electron chi connectivity index (χ2n) is 10.6. The summed E-state index contributed by atoms with van der Waals surface area (Å²) in [5.41, 5.74) is 8.80. The summed E-state index contributed by atoms with van der Waals surface area (Å²) in [6, 6.07) is 51.3. The van der Waals surface area contributed by atoms with Crippen molar-refractivity contribution in [2.75, 3.05) is 0 Å². The molecule has 186 valence electrons. The van der Waals surface area contributed by atoms with Crippen LogP contribution in [0.25, 0.3) is 71.3 Å². The molecule has 0 spiro atoms. The van der Waals surface area contributed by atoms with Crippen molar-refractivity contribution in [1.82, 2.24) is 4.57 Å². The first kappa shape index (κ1) is 22.1. The minimum atomic E-state index is 1.18. The third kappa shape index (κ3) is 3.17. The van der Waals surface area contributed by atoms with Gasteiger partial charge >= 0.3 is 0 Å². The van der Waals surface area contributed by atoms with Crippen molar-refractivity contribution in [3.8, 4) is 27.9 Å². The molecule has 1 aliphatic rings. The number of rotatable bonds is 2. The summed E-state index contributed by atoms with van der Waals surface area (Å²) in [7, 11) is 0. The Hall–Kier alpha value is -4.79. The van der Waals surface area contributed by atoms with Crippen molar-refractivity contribution in [3.63, 3.8) is 0 Å². The maximum Gasteiger partial charge on any atom is 0.0547 e. The molecule has 0 unspecified atom stereocenters. The number of hydrogen-bond acceptors (Lipinski definition) is 1. The van der Waals surface area contributed by atoms with Gasteiger partial charge in [0.05, 0.1) is 11.0 Å². The van der Waals surface area contributed by atoms with E-state index in [-0.39, 0.29) is 0 Å². The molecule has 0 saturated carbocycles. The summed E-state index contributed by atoms with van der Waals surface area (Å²) in [6.45, 7) is 0. The molecule has 0 fully saturated rings. The van der Waals surface area contributed by atoms with E-state index in [1.165, 1.54) is 81.1 Å². The Bertz CT molecular complexity index is 2290. The number of aromatic nitrogens is 1. The van der Waals surface area contributed by atoms with Gasteiger partial charge in [-0.3, -0.25) is 0 Å². The molecular weight excluding hydrogens is 502 g/mol. The third-order valence-electron chi connectivity index (χ3n) is 8.34. The Kier molecular flexibility index (Phi) is 4.61. The van der Waals surface area contributed by atoms with E-state index in [9.17, 15) is 0 Å². The van der Waals surface area contributed by atoms with Gasteiger partial charge in [0.25, 0.3) is 0 Å². The topological polar surface area (TPSA) is 4.93 Å². The van der Waals surface area contributed by atoms with Crippen LogP contribution in [0.3, 0.4) is 0 Å². The number of nitrogens with zero attached hydrogens (tertiary/aromatic N) is 1. The first-order chi connectivity index (χ1) is 19.8. The Morgan fingerprint density at radius 1 is 0.425 bits per heavy atom. The van der Waals surface area contributed by atoms with Crippen LogP contribution >= 0.6 is 11.8 Å². The smallest absolute Gasteiger partial charge is 0.0547 e. The Labute approximate surface area is 236 Å². The highest BCUT2D eigenvalue weighted by molar-refractivity contribution is 7.99. The van der Waals surface area contributed by atoms with Crippen LogP contribution in [0.15, 0.2) is 149 Å². The normalized spacial score (nSPS) is 12.4. The van der Waals surface area contributed by atoms with Crippen LogP contribution in [-0.4, -0.2) is 4.57 Å². The fraction of sp³-hybridized carbons (Fsp3) is 0. The van der Waals surface area contributed by atoms with Gasteiger partial charge in [0, 0.05) is 31.6 Å². The Balaban J connectivity index is 1.29. The molecule has 1 aromatic heterocycles. The van der Waals surface area contributed by atoms with E-state index in [0.717, 1.165) is 0 Å². The number of para-hydroxylation sites is 1. The lowest BCUT2D eigenvalue weighted by Gasteiger charge is -2.21. The Morgan fingerprint density at radius 2 is 1.12 bits per heavy atom. The fourth-order valence-electron chi connectivity index (χ4n) is 6.48. The van der Waals surface area contributed by atoms with E-state index < -0.39 is 0 Å². The molecule has 0 bridgehead atoms. The predicted molar refractivity (Wildman–Crippen MR) is 171 cm³/mol. The molecule has 1 aliphatic heterocycles.